The Balaban J connectivity index is 2.01. The van der Waals surface area contributed by atoms with Gasteiger partial charge in [0.1, 0.15) is 0 Å². The van der Waals surface area contributed by atoms with Crippen LogP contribution in [0.25, 0.3) is 0 Å². The van der Waals surface area contributed by atoms with E-state index in [0.29, 0.717) is 6.10 Å². The van der Waals surface area contributed by atoms with Crippen LogP contribution in [0.15, 0.2) is 0 Å². The van der Waals surface area contributed by atoms with Gasteiger partial charge in [0.2, 0.25) is 0 Å². The van der Waals surface area contributed by atoms with Crippen LogP contribution in [0.1, 0.15) is 19.8 Å². The number of ether oxygens (including phenoxy) is 1. The highest BCUT2D eigenvalue weighted by Crippen LogP contribution is 2.12. The molecule has 1 atom stereocenters. The van der Waals surface area contributed by atoms with Crippen LogP contribution >= 0.6 is 0 Å². The number of hydrogen-bond acceptors (Lipinski definition) is 1. The minimum absolute atomic E-state index is 0.616. The van der Waals surface area contributed by atoms with E-state index in [2.05, 4.69) is 6.92 Å². The lowest BCUT2D eigenvalue weighted by Crippen LogP contribution is -2.25. The first-order chi connectivity index (χ1) is 2.93. The van der Waals surface area contributed by atoms with E-state index in [1.807, 2.05) is 0 Å². The van der Waals surface area contributed by atoms with E-state index >= 15 is 0 Å². The van der Waals surface area contributed by atoms with Crippen molar-refractivity contribution in [1.82, 2.24) is 0 Å². The van der Waals surface area contributed by atoms with Crippen molar-refractivity contribution in [2.24, 2.45) is 0 Å². The van der Waals surface area contributed by atoms with Crippen molar-refractivity contribution in [3.8, 4) is 0 Å². The molecule has 0 saturated carbocycles. The molecule has 0 aromatic rings. The van der Waals surface area contributed by atoms with Crippen molar-refractivity contribution in [3.63, 3.8) is 0 Å². The van der Waals surface area contributed by atoms with E-state index < -0.39 is 0 Å². The Morgan fingerprint density at radius 1 is 1.83 bits per heavy atom. The van der Waals surface area contributed by atoms with Gasteiger partial charge in [-0.15, -0.1) is 0 Å². The lowest BCUT2D eigenvalue weighted by molar-refractivity contribution is -0.0516. The van der Waals surface area contributed by atoms with Gasteiger partial charge in [0.05, 0.1) is 6.10 Å². The van der Waals surface area contributed by atoms with Gasteiger partial charge in [-0.1, -0.05) is 6.92 Å². The minimum Gasteiger partial charge on any atom is -0.378 e. The number of hydrogen-bond donors (Lipinski definition) is 0. The van der Waals surface area contributed by atoms with Gasteiger partial charge in [-0.3, -0.25) is 0 Å². The molecule has 36 valence electrons. The lowest BCUT2D eigenvalue weighted by Gasteiger charge is -2.24. The molecule has 6 heavy (non-hydrogen) atoms. The van der Waals surface area contributed by atoms with E-state index in [9.17, 15) is 0 Å². The molecule has 0 bridgehead atoms. The maximum atomic E-state index is 5.08. The first-order valence-electron chi connectivity index (χ1n) is 2.55. The van der Waals surface area contributed by atoms with Gasteiger partial charge in [0, 0.05) is 6.61 Å². The maximum absolute atomic E-state index is 5.08. The minimum atomic E-state index is 0.616. The molecule has 0 aromatic carbocycles. The Labute approximate surface area is 38.3 Å². The topological polar surface area (TPSA) is 9.23 Å². The second-order valence-corrected chi connectivity index (χ2v) is 1.69. The van der Waals surface area contributed by atoms with E-state index in [1.54, 1.807) is 0 Å². The summed E-state index contributed by atoms with van der Waals surface area (Å²) in [6.45, 7) is 3.16. The second kappa shape index (κ2) is 1.61. The summed E-state index contributed by atoms with van der Waals surface area (Å²) < 4.78 is 5.08. The Morgan fingerprint density at radius 2 is 2.50 bits per heavy atom. The molecule has 0 radical (unpaired) electrons. The first kappa shape index (κ1) is 4.13. The summed E-state index contributed by atoms with van der Waals surface area (Å²) in [6, 6.07) is 0. The summed E-state index contributed by atoms with van der Waals surface area (Å²) in [4.78, 5) is 0. The zero-order valence-corrected chi connectivity index (χ0v) is 4.11. The molecule has 1 aliphatic heterocycles. The highest BCUT2D eigenvalue weighted by molar-refractivity contribution is 4.62. The highest BCUT2D eigenvalue weighted by Gasteiger charge is 2.13. The van der Waals surface area contributed by atoms with Gasteiger partial charge in [-0.05, 0) is 12.8 Å². The molecule has 1 rings (SSSR count). The average molecular weight is 86.1 g/mol. The Hall–Kier alpha value is -0.0400. The van der Waals surface area contributed by atoms with Crippen LogP contribution in [0.3, 0.4) is 0 Å². The third-order valence-electron chi connectivity index (χ3n) is 1.25. The molecule has 1 fully saturated rings. The SMILES string of the molecule is CCC1CCO1. The molecule has 0 amide bonds. The van der Waals surface area contributed by atoms with Crippen molar-refractivity contribution in [2.75, 3.05) is 6.61 Å². The van der Waals surface area contributed by atoms with Gasteiger partial charge in [0.25, 0.3) is 0 Å². The Bertz CT molecular complexity index is 36.4. The lowest BCUT2D eigenvalue weighted by atomic mass is 10.1. The van der Waals surface area contributed by atoms with Crippen LogP contribution in [0.4, 0.5) is 0 Å². The molecule has 1 heteroatoms. The largest absolute Gasteiger partial charge is 0.378 e. The highest BCUT2D eigenvalue weighted by atomic mass is 16.5. The van der Waals surface area contributed by atoms with Crippen LogP contribution in [0.5, 0.6) is 0 Å². The summed E-state index contributed by atoms with van der Waals surface area (Å²) in [7, 11) is 0. The molecule has 1 aliphatic rings. The van der Waals surface area contributed by atoms with Gasteiger partial charge >= 0.3 is 0 Å². The van der Waals surface area contributed by atoms with Gasteiger partial charge < -0.3 is 4.74 Å². The molecule has 0 aromatic heterocycles. The zero-order chi connectivity index (χ0) is 4.41. The fourth-order valence-electron chi connectivity index (χ4n) is 0.606. The number of rotatable bonds is 1. The molecule has 1 saturated heterocycles. The van der Waals surface area contributed by atoms with Crippen molar-refractivity contribution in [1.29, 1.82) is 0 Å². The third kappa shape index (κ3) is 0.548. The monoisotopic (exact) mass is 86.1 g/mol. The predicted molar refractivity (Wildman–Crippen MR) is 24.6 cm³/mol. The molecule has 1 nitrogen and oxygen atoms in total. The van der Waals surface area contributed by atoms with E-state index in [0.717, 1.165) is 6.61 Å². The summed E-state index contributed by atoms with van der Waals surface area (Å²) >= 11 is 0. The third-order valence-corrected chi connectivity index (χ3v) is 1.25. The van der Waals surface area contributed by atoms with Crippen molar-refractivity contribution < 1.29 is 4.74 Å². The van der Waals surface area contributed by atoms with Crippen molar-refractivity contribution in [3.05, 3.63) is 0 Å². The summed E-state index contributed by atoms with van der Waals surface area (Å²) in [5.74, 6) is 0. The van der Waals surface area contributed by atoms with E-state index in [4.69, 9.17) is 4.74 Å². The smallest absolute Gasteiger partial charge is 0.0594 e. The predicted octanol–water partition coefficient (Wildman–Crippen LogP) is 1.19. The molecule has 0 spiro atoms. The summed E-state index contributed by atoms with van der Waals surface area (Å²) in [5, 5.41) is 0. The van der Waals surface area contributed by atoms with Gasteiger partial charge in [-0.25, -0.2) is 0 Å². The average Bonchev–Trinajstić information content (AvgIpc) is 1.31. The molecule has 0 N–H and O–H groups in total. The van der Waals surface area contributed by atoms with Crippen molar-refractivity contribution >= 4 is 0 Å². The summed E-state index contributed by atoms with van der Waals surface area (Å²) in [5.41, 5.74) is 0. The Morgan fingerprint density at radius 3 is 2.50 bits per heavy atom. The van der Waals surface area contributed by atoms with Crippen LogP contribution in [-0.4, -0.2) is 12.7 Å². The first-order valence-corrected chi connectivity index (χ1v) is 2.55. The second-order valence-electron chi connectivity index (χ2n) is 1.69. The fourth-order valence-corrected chi connectivity index (χ4v) is 0.606. The van der Waals surface area contributed by atoms with Crippen molar-refractivity contribution in [2.45, 2.75) is 25.9 Å². The summed E-state index contributed by atoms with van der Waals surface area (Å²) in [6.07, 6.45) is 3.10. The van der Waals surface area contributed by atoms with Gasteiger partial charge in [-0.2, -0.15) is 0 Å². The standard InChI is InChI=1S/C5H10O/c1-2-5-3-4-6-5/h5H,2-4H2,1H3. The quantitative estimate of drug-likeness (QED) is 0.465. The van der Waals surface area contributed by atoms with Crippen LogP contribution < -0.4 is 0 Å². The normalized spacial score (nSPS) is 32.5. The van der Waals surface area contributed by atoms with E-state index in [1.165, 1.54) is 12.8 Å². The molecular weight excluding hydrogens is 76.1 g/mol. The molecule has 1 unspecified atom stereocenters. The molecule has 1 heterocycles. The zero-order valence-electron chi connectivity index (χ0n) is 4.11. The fraction of sp³-hybridized carbons (Fsp3) is 1.00. The Kier molecular flexibility index (Phi) is 1.10. The van der Waals surface area contributed by atoms with Crippen LogP contribution in [0.2, 0.25) is 0 Å². The van der Waals surface area contributed by atoms with Crippen LogP contribution in [-0.2, 0) is 4.74 Å². The van der Waals surface area contributed by atoms with E-state index in [-0.39, 0.29) is 0 Å². The maximum Gasteiger partial charge on any atom is 0.0594 e. The van der Waals surface area contributed by atoms with Gasteiger partial charge in [0.15, 0.2) is 0 Å². The van der Waals surface area contributed by atoms with Crippen LogP contribution in [0, 0.1) is 0 Å². The molecular formula is C5H10O. The molecule has 0 aliphatic carbocycles.